The summed E-state index contributed by atoms with van der Waals surface area (Å²) in [7, 11) is 0. The van der Waals surface area contributed by atoms with Crippen molar-refractivity contribution < 1.29 is 0 Å². The average molecular weight is 346 g/mol. The van der Waals surface area contributed by atoms with Gasteiger partial charge in [-0.25, -0.2) is 0 Å². The maximum atomic E-state index is 2.33. The smallest absolute Gasteiger partial charge is 0.0795 e. The summed E-state index contributed by atoms with van der Waals surface area (Å²) in [5.41, 5.74) is 5.57. The van der Waals surface area contributed by atoms with Crippen LogP contribution in [0.15, 0.2) is 48.5 Å². The van der Waals surface area contributed by atoms with Gasteiger partial charge in [-0.2, -0.15) is 0 Å². The van der Waals surface area contributed by atoms with Gasteiger partial charge >= 0.3 is 0 Å². The van der Waals surface area contributed by atoms with E-state index in [1.165, 1.54) is 22.1 Å². The van der Waals surface area contributed by atoms with Gasteiger partial charge in [-0.05, 0) is 11.1 Å². The van der Waals surface area contributed by atoms with Gasteiger partial charge in [0, 0.05) is 0 Å². The molecule has 0 atom stereocenters. The molecule has 2 aromatic carbocycles. The van der Waals surface area contributed by atoms with Crippen LogP contribution in [0.2, 0.25) is 23.3 Å². The first kappa shape index (κ1) is 20.9. The third-order valence-electron chi connectivity index (χ3n) is 5.80. The minimum Gasteiger partial charge on any atom is -0.0795 e. The van der Waals surface area contributed by atoms with Crippen molar-refractivity contribution in [1.29, 1.82) is 0 Å². The summed E-state index contributed by atoms with van der Waals surface area (Å²) in [6, 6.07) is 18.5. The Morgan fingerprint density at radius 3 is 0.846 bits per heavy atom. The molecule has 0 amide bonds. The van der Waals surface area contributed by atoms with E-state index in [1.807, 2.05) is 0 Å². The van der Waals surface area contributed by atoms with E-state index in [4.69, 9.17) is 0 Å². The van der Waals surface area contributed by atoms with Crippen LogP contribution < -0.4 is 10.9 Å². The van der Waals surface area contributed by atoms with Crippen molar-refractivity contribution >= 4 is 24.4 Å². The fourth-order valence-corrected chi connectivity index (χ4v) is 4.87. The Labute approximate surface area is 163 Å². The van der Waals surface area contributed by atoms with E-state index in [-0.39, 0.29) is 0 Å². The molecule has 0 aliphatic rings. The summed E-state index contributed by atoms with van der Waals surface area (Å²) in [5.74, 6) is 2.68. The van der Waals surface area contributed by atoms with Crippen molar-refractivity contribution in [2.45, 2.75) is 78.7 Å². The van der Waals surface area contributed by atoms with Crippen LogP contribution in [0, 0.1) is 0 Å². The van der Waals surface area contributed by atoms with Crippen LogP contribution in [0.1, 0.15) is 55.4 Å². The van der Waals surface area contributed by atoms with E-state index in [9.17, 15) is 0 Å². The van der Waals surface area contributed by atoms with E-state index >= 15 is 0 Å². The molecule has 138 valence electrons. The number of hydrogen-bond acceptors (Lipinski definition) is 0. The molecule has 0 heterocycles. The predicted molar refractivity (Wildman–Crippen MR) is 123 cm³/mol. The highest BCUT2D eigenvalue weighted by molar-refractivity contribution is 6.76. The van der Waals surface area contributed by atoms with E-state index < -0.39 is 0 Å². The monoisotopic (exact) mass is 346 g/mol. The summed E-state index contributed by atoms with van der Waals surface area (Å²) in [5, 5.41) is 0. The standard InChI is InChI=1S/C24H36B2/c1-17(2)25(18(3)4)23-13-9-21(10-14-23)22-11-15-24(16-12-22)26(19(5)6)20(7)8/h9-20H,1-8H3. The maximum absolute atomic E-state index is 2.33. The Hall–Kier alpha value is -1.43. The van der Waals surface area contributed by atoms with Gasteiger partial charge < -0.3 is 0 Å². The minimum absolute atomic E-state index is 0.629. The number of benzene rings is 2. The predicted octanol–water partition coefficient (Wildman–Crippen LogP) is 6.40. The second-order valence-electron chi connectivity index (χ2n) is 9.27. The molecule has 26 heavy (non-hydrogen) atoms. The first-order chi connectivity index (χ1) is 12.2. The highest BCUT2D eigenvalue weighted by atomic mass is 14.0. The molecule has 0 bridgehead atoms. The van der Waals surface area contributed by atoms with Crippen molar-refractivity contribution in [1.82, 2.24) is 0 Å². The fraction of sp³-hybridized carbons (Fsp3) is 0.500. The average Bonchev–Trinajstić information content (AvgIpc) is 2.55. The third kappa shape index (κ3) is 4.84. The van der Waals surface area contributed by atoms with Gasteiger partial charge in [0.05, 0.1) is 0 Å². The molecule has 0 spiro atoms. The molecule has 0 fully saturated rings. The Morgan fingerprint density at radius 2 is 0.654 bits per heavy atom. The molecule has 0 aliphatic heterocycles. The lowest BCUT2D eigenvalue weighted by molar-refractivity contribution is 0.951. The molecule has 0 radical (unpaired) electrons. The van der Waals surface area contributed by atoms with Crippen molar-refractivity contribution in [3.63, 3.8) is 0 Å². The van der Waals surface area contributed by atoms with Gasteiger partial charge in [0.15, 0.2) is 13.4 Å². The molecule has 0 saturated carbocycles. The maximum Gasteiger partial charge on any atom is 0.181 e. The first-order valence-electron chi connectivity index (χ1n) is 10.4. The zero-order chi connectivity index (χ0) is 19.4. The summed E-state index contributed by atoms with van der Waals surface area (Å²) < 4.78 is 0. The van der Waals surface area contributed by atoms with Gasteiger partial charge in [-0.1, -0.05) is 138 Å². The highest BCUT2D eigenvalue weighted by Crippen LogP contribution is 2.24. The normalized spacial score (nSPS) is 11.7. The first-order valence-corrected chi connectivity index (χ1v) is 10.4. The van der Waals surface area contributed by atoms with E-state index in [1.54, 1.807) is 0 Å². The van der Waals surface area contributed by atoms with Crippen LogP contribution in [-0.2, 0) is 0 Å². The zero-order valence-corrected chi connectivity index (χ0v) is 18.1. The molecular weight excluding hydrogens is 310 g/mol. The molecule has 0 unspecified atom stereocenters. The second-order valence-corrected chi connectivity index (χ2v) is 9.27. The SMILES string of the molecule is CC(C)B(c1ccc(-c2ccc(B(C(C)C)C(C)C)cc2)cc1)C(C)C. The minimum atomic E-state index is 0.629. The summed E-state index contributed by atoms with van der Waals surface area (Å²) in [4.78, 5) is 0. The molecule has 0 aliphatic carbocycles. The van der Waals surface area contributed by atoms with Gasteiger partial charge in [0.25, 0.3) is 0 Å². The summed E-state index contributed by atoms with van der Waals surface area (Å²) in [6.45, 7) is 19.9. The Morgan fingerprint density at radius 1 is 0.423 bits per heavy atom. The van der Waals surface area contributed by atoms with Crippen LogP contribution in [0.5, 0.6) is 0 Å². The van der Waals surface area contributed by atoms with Crippen LogP contribution in [0.4, 0.5) is 0 Å². The third-order valence-corrected chi connectivity index (χ3v) is 5.80. The van der Waals surface area contributed by atoms with E-state index in [0.717, 1.165) is 0 Å². The molecule has 2 heteroatoms. The van der Waals surface area contributed by atoms with Gasteiger partial charge in [-0.15, -0.1) is 0 Å². The Balaban J connectivity index is 2.24. The van der Waals surface area contributed by atoms with E-state index in [0.29, 0.717) is 36.7 Å². The lowest BCUT2D eigenvalue weighted by Crippen LogP contribution is -2.35. The number of hydrogen-bond donors (Lipinski definition) is 0. The topological polar surface area (TPSA) is 0 Å². The zero-order valence-electron chi connectivity index (χ0n) is 18.1. The van der Waals surface area contributed by atoms with Gasteiger partial charge in [0.1, 0.15) is 0 Å². The van der Waals surface area contributed by atoms with Crippen LogP contribution in [0.3, 0.4) is 0 Å². The summed E-state index contributed by atoms with van der Waals surface area (Å²) >= 11 is 0. The van der Waals surface area contributed by atoms with E-state index in [2.05, 4.69) is 104 Å². The van der Waals surface area contributed by atoms with Crippen LogP contribution >= 0.6 is 0 Å². The van der Waals surface area contributed by atoms with Crippen molar-refractivity contribution in [2.75, 3.05) is 0 Å². The summed E-state index contributed by atoms with van der Waals surface area (Å²) in [6.07, 6.45) is 0. The van der Waals surface area contributed by atoms with Gasteiger partial charge in [-0.3, -0.25) is 0 Å². The second kappa shape index (κ2) is 8.98. The van der Waals surface area contributed by atoms with Crippen molar-refractivity contribution in [3.05, 3.63) is 48.5 Å². The molecule has 0 nitrogen and oxygen atoms in total. The van der Waals surface area contributed by atoms with Crippen molar-refractivity contribution in [2.24, 2.45) is 0 Å². The molecule has 0 saturated heterocycles. The van der Waals surface area contributed by atoms with Crippen LogP contribution in [0.25, 0.3) is 11.1 Å². The molecular formula is C24H36B2. The number of rotatable bonds is 7. The highest BCUT2D eigenvalue weighted by Gasteiger charge is 2.25. The van der Waals surface area contributed by atoms with Crippen molar-refractivity contribution in [3.8, 4) is 11.1 Å². The Kier molecular flexibility index (Phi) is 7.21. The Bertz CT molecular complexity index is 589. The largest absolute Gasteiger partial charge is 0.181 e. The lowest BCUT2D eigenvalue weighted by Gasteiger charge is -2.22. The molecule has 0 aromatic heterocycles. The molecule has 0 N–H and O–H groups in total. The quantitative estimate of drug-likeness (QED) is 0.509. The lowest BCUT2D eigenvalue weighted by atomic mass is 9.32. The molecule has 2 aromatic rings. The molecule has 2 rings (SSSR count). The fourth-order valence-electron chi connectivity index (χ4n) is 4.87. The van der Waals surface area contributed by atoms with Gasteiger partial charge in [0.2, 0.25) is 0 Å². The van der Waals surface area contributed by atoms with Crippen LogP contribution in [-0.4, -0.2) is 13.4 Å².